The van der Waals surface area contributed by atoms with Gasteiger partial charge in [-0.05, 0) is 71.1 Å². The average molecular weight is 418 g/mol. The van der Waals surface area contributed by atoms with E-state index in [0.29, 0.717) is 24.4 Å². The number of methoxy groups -OCH3 is 1. The van der Waals surface area contributed by atoms with Crippen molar-refractivity contribution >= 4 is 34.2 Å². The number of benzene rings is 1. The molecule has 2 bridgehead atoms. The summed E-state index contributed by atoms with van der Waals surface area (Å²) in [7, 11) is 1.65. The summed E-state index contributed by atoms with van der Waals surface area (Å²) in [6, 6.07) is 6.20. The third kappa shape index (κ3) is 4.24. The summed E-state index contributed by atoms with van der Waals surface area (Å²) in [4.78, 5) is 12.5. The maximum Gasteiger partial charge on any atom is 0.223 e. The molecule has 2 aliphatic rings. The maximum atomic E-state index is 12.5. The van der Waals surface area contributed by atoms with Gasteiger partial charge in [-0.2, -0.15) is 0 Å². The topological polar surface area (TPSA) is 64.3 Å². The molecule has 1 aromatic rings. The number of nitrogens with two attached hydrogens (primary N) is 1. The van der Waals surface area contributed by atoms with Gasteiger partial charge in [0.25, 0.3) is 0 Å². The van der Waals surface area contributed by atoms with Crippen LogP contribution in [0.25, 0.3) is 0 Å². The molecular weight excluding hydrogens is 392 g/mol. The molecule has 3 rings (SSSR count). The van der Waals surface area contributed by atoms with Crippen molar-refractivity contribution in [2.24, 2.45) is 23.5 Å². The third-order valence-electron chi connectivity index (χ3n) is 5.47. The number of halogens is 2. The summed E-state index contributed by atoms with van der Waals surface area (Å²) in [5.41, 5.74) is 7.38. The number of hydrogen-bond acceptors (Lipinski definition) is 3. The maximum absolute atomic E-state index is 12.5. The van der Waals surface area contributed by atoms with E-state index in [4.69, 9.17) is 10.5 Å². The molecule has 0 spiro atoms. The van der Waals surface area contributed by atoms with Gasteiger partial charge in [0.05, 0.1) is 11.6 Å². The Hall–Kier alpha value is -0.780. The normalized spacial score (nSPS) is 28.6. The second-order valence-electron chi connectivity index (χ2n) is 6.88. The number of fused-ring (bicyclic) bond motifs is 2. The van der Waals surface area contributed by atoms with Crippen LogP contribution in [0, 0.1) is 17.8 Å². The van der Waals surface area contributed by atoms with Crippen molar-refractivity contribution in [2.75, 3.05) is 7.11 Å². The fourth-order valence-electron chi connectivity index (χ4n) is 4.16. The first-order valence-corrected chi connectivity index (χ1v) is 9.23. The molecule has 1 amide bonds. The van der Waals surface area contributed by atoms with Crippen LogP contribution in [0.4, 0.5) is 0 Å². The van der Waals surface area contributed by atoms with Crippen LogP contribution in [0.3, 0.4) is 0 Å². The summed E-state index contributed by atoms with van der Waals surface area (Å²) < 4.78 is 6.13. The summed E-state index contributed by atoms with van der Waals surface area (Å²) in [5, 5.41) is 3.10. The number of hydrogen-bond donors (Lipinski definition) is 2. The molecular formula is C18H26BrClN2O2. The van der Waals surface area contributed by atoms with Gasteiger partial charge in [-0.25, -0.2) is 0 Å². The van der Waals surface area contributed by atoms with Crippen LogP contribution in [0.2, 0.25) is 0 Å². The van der Waals surface area contributed by atoms with Crippen molar-refractivity contribution in [3.05, 3.63) is 28.2 Å². The monoisotopic (exact) mass is 416 g/mol. The fraction of sp³-hybridized carbons (Fsp3) is 0.611. The Morgan fingerprint density at radius 1 is 1.33 bits per heavy atom. The van der Waals surface area contributed by atoms with Crippen molar-refractivity contribution in [3.63, 3.8) is 0 Å². The molecule has 2 unspecified atom stereocenters. The number of nitrogens with one attached hydrogen (secondary N) is 1. The molecule has 24 heavy (non-hydrogen) atoms. The second-order valence-corrected chi connectivity index (χ2v) is 7.74. The fourth-order valence-corrected chi connectivity index (χ4v) is 4.74. The van der Waals surface area contributed by atoms with Crippen LogP contribution in [0.5, 0.6) is 5.75 Å². The zero-order valence-corrected chi connectivity index (χ0v) is 16.4. The summed E-state index contributed by atoms with van der Waals surface area (Å²) >= 11 is 3.48. The van der Waals surface area contributed by atoms with Gasteiger partial charge in [-0.15, -0.1) is 12.4 Å². The van der Waals surface area contributed by atoms with E-state index >= 15 is 0 Å². The van der Waals surface area contributed by atoms with Crippen molar-refractivity contribution in [1.82, 2.24) is 5.32 Å². The van der Waals surface area contributed by atoms with E-state index in [-0.39, 0.29) is 24.2 Å². The Kier molecular flexibility index (Phi) is 6.96. The summed E-state index contributed by atoms with van der Waals surface area (Å²) in [5.74, 6) is 2.18. The molecule has 0 saturated heterocycles. The Balaban J connectivity index is 0.00000208. The summed E-state index contributed by atoms with van der Waals surface area (Å²) in [6.07, 6.45) is 5.56. The highest BCUT2D eigenvalue weighted by atomic mass is 79.9. The van der Waals surface area contributed by atoms with Crippen molar-refractivity contribution in [1.29, 1.82) is 0 Å². The number of carbonyl (C=O) groups is 1. The lowest BCUT2D eigenvalue weighted by Gasteiger charge is -2.43. The van der Waals surface area contributed by atoms with Crippen LogP contribution in [0.15, 0.2) is 22.7 Å². The first kappa shape index (κ1) is 19.5. The number of ether oxygens (including phenoxy) is 1. The highest BCUT2D eigenvalue weighted by Gasteiger charge is 2.40. The molecule has 2 fully saturated rings. The van der Waals surface area contributed by atoms with Gasteiger partial charge in [-0.1, -0.05) is 12.5 Å². The first-order chi connectivity index (χ1) is 11.1. The Morgan fingerprint density at radius 2 is 2.00 bits per heavy atom. The zero-order valence-electron chi connectivity index (χ0n) is 14.0. The van der Waals surface area contributed by atoms with Gasteiger partial charge < -0.3 is 15.8 Å². The number of rotatable bonds is 4. The molecule has 4 nitrogen and oxygen atoms in total. The van der Waals surface area contributed by atoms with Gasteiger partial charge in [0.2, 0.25) is 5.91 Å². The van der Waals surface area contributed by atoms with E-state index in [1.165, 1.54) is 19.3 Å². The summed E-state index contributed by atoms with van der Waals surface area (Å²) in [6.45, 7) is 0.555. The average Bonchev–Trinajstić information content (AvgIpc) is 2.52. The number of carbonyl (C=O) groups excluding carboxylic acids is 1. The van der Waals surface area contributed by atoms with Crippen LogP contribution >= 0.6 is 28.3 Å². The van der Waals surface area contributed by atoms with Crippen LogP contribution < -0.4 is 15.8 Å². The smallest absolute Gasteiger partial charge is 0.223 e. The minimum absolute atomic E-state index is 0. The van der Waals surface area contributed by atoms with E-state index in [2.05, 4.69) is 21.2 Å². The SMILES string of the molecule is COc1ccc(CNC(=O)C2CC3CCCC(C2)C3N)cc1Br.Cl. The lowest BCUT2D eigenvalue weighted by atomic mass is 9.65. The quantitative estimate of drug-likeness (QED) is 0.786. The Bertz CT molecular complexity index is 570. The van der Waals surface area contributed by atoms with Gasteiger partial charge in [0.15, 0.2) is 0 Å². The van der Waals surface area contributed by atoms with Crippen LogP contribution in [0.1, 0.15) is 37.7 Å². The molecule has 0 radical (unpaired) electrons. The first-order valence-electron chi connectivity index (χ1n) is 8.44. The van der Waals surface area contributed by atoms with Crippen molar-refractivity contribution in [2.45, 2.75) is 44.7 Å². The number of amides is 1. The highest BCUT2D eigenvalue weighted by Crippen LogP contribution is 2.41. The molecule has 3 N–H and O–H groups in total. The lowest BCUT2D eigenvalue weighted by Crippen LogP contribution is -2.49. The predicted octanol–water partition coefficient (Wildman–Crippen LogP) is 3.65. The minimum Gasteiger partial charge on any atom is -0.496 e. The van der Waals surface area contributed by atoms with Crippen molar-refractivity contribution in [3.8, 4) is 5.75 Å². The van der Waals surface area contributed by atoms with Gasteiger partial charge in [0.1, 0.15) is 5.75 Å². The highest BCUT2D eigenvalue weighted by molar-refractivity contribution is 9.10. The van der Waals surface area contributed by atoms with Gasteiger partial charge >= 0.3 is 0 Å². The molecule has 0 heterocycles. The Labute approximate surface area is 158 Å². The molecule has 2 atom stereocenters. The molecule has 2 aliphatic carbocycles. The molecule has 134 valence electrons. The molecule has 0 aliphatic heterocycles. The van der Waals surface area contributed by atoms with Crippen molar-refractivity contribution < 1.29 is 9.53 Å². The minimum atomic E-state index is 0. The molecule has 6 heteroatoms. The van der Waals surface area contributed by atoms with Crippen LogP contribution in [-0.4, -0.2) is 19.1 Å². The predicted molar refractivity (Wildman–Crippen MR) is 101 cm³/mol. The standard InChI is InChI=1S/C18H25BrN2O2.ClH/c1-23-16-6-5-11(7-15(16)19)10-21-18(22)14-8-12-3-2-4-13(9-14)17(12)20;/h5-7,12-14,17H,2-4,8-10,20H2,1H3,(H,21,22);1H. The van der Waals surface area contributed by atoms with Crippen LogP contribution in [-0.2, 0) is 11.3 Å². The van der Waals surface area contributed by atoms with E-state index in [0.717, 1.165) is 28.6 Å². The third-order valence-corrected chi connectivity index (χ3v) is 6.09. The Morgan fingerprint density at radius 3 is 2.58 bits per heavy atom. The second kappa shape index (κ2) is 8.54. The lowest BCUT2D eigenvalue weighted by molar-refractivity contribution is -0.128. The molecule has 0 aromatic heterocycles. The van der Waals surface area contributed by atoms with E-state index in [1.54, 1.807) is 7.11 Å². The van der Waals surface area contributed by atoms with E-state index < -0.39 is 0 Å². The largest absolute Gasteiger partial charge is 0.496 e. The zero-order chi connectivity index (χ0) is 16.4. The molecule has 1 aromatic carbocycles. The van der Waals surface area contributed by atoms with E-state index in [1.807, 2.05) is 18.2 Å². The van der Waals surface area contributed by atoms with Gasteiger partial charge in [0, 0.05) is 18.5 Å². The van der Waals surface area contributed by atoms with E-state index in [9.17, 15) is 4.79 Å². The molecule has 2 saturated carbocycles. The van der Waals surface area contributed by atoms with Gasteiger partial charge in [-0.3, -0.25) is 4.79 Å².